The van der Waals surface area contributed by atoms with E-state index in [0.29, 0.717) is 11.6 Å². The zero-order valence-corrected chi connectivity index (χ0v) is 31.3. The minimum atomic E-state index is -0.770. The van der Waals surface area contributed by atoms with E-state index < -0.39 is 15.8 Å². The van der Waals surface area contributed by atoms with Crippen LogP contribution in [-0.2, 0) is 0 Å². The second-order valence-electron chi connectivity index (χ2n) is 13.9. The molecule has 47 heavy (non-hydrogen) atoms. The fraction of sp³-hybridized carbons (Fsp3) is 0.244. The van der Waals surface area contributed by atoms with E-state index in [4.69, 9.17) is 0 Å². The predicted octanol–water partition coefficient (Wildman–Crippen LogP) is 10.0. The maximum atomic E-state index is 2.51. The third-order valence-electron chi connectivity index (χ3n) is 9.23. The maximum absolute atomic E-state index is 2.51. The highest BCUT2D eigenvalue weighted by molar-refractivity contribution is 7.80. The Hall–Kier alpha value is -3.56. The third kappa shape index (κ3) is 7.31. The van der Waals surface area contributed by atoms with Gasteiger partial charge in [0.2, 0.25) is 0 Å². The molecule has 2 unspecified atom stereocenters. The van der Waals surface area contributed by atoms with Gasteiger partial charge in [0.1, 0.15) is 0 Å². The van der Waals surface area contributed by atoms with Gasteiger partial charge in [-0.1, -0.05) is 167 Å². The Bertz CT molecular complexity index is 1830. The molecule has 1 aliphatic rings. The van der Waals surface area contributed by atoms with Crippen molar-refractivity contribution in [3.05, 3.63) is 165 Å². The Morgan fingerprint density at radius 3 is 1.30 bits per heavy atom. The summed E-state index contributed by atoms with van der Waals surface area (Å²) >= 11 is 0. The van der Waals surface area contributed by atoms with Crippen LogP contribution in [0.1, 0.15) is 57.0 Å². The first-order chi connectivity index (χ1) is 22.5. The van der Waals surface area contributed by atoms with E-state index in [9.17, 15) is 0 Å². The van der Waals surface area contributed by atoms with Crippen LogP contribution >= 0.6 is 15.8 Å². The molecule has 0 saturated carbocycles. The molecule has 0 aliphatic heterocycles. The Morgan fingerprint density at radius 1 is 0.489 bits per heavy atom. The van der Waals surface area contributed by atoms with Gasteiger partial charge in [-0.05, 0) is 115 Å². The van der Waals surface area contributed by atoms with Crippen molar-refractivity contribution in [3.8, 4) is 0 Å². The quantitative estimate of drug-likeness (QED) is 0.147. The van der Waals surface area contributed by atoms with Gasteiger partial charge < -0.3 is 0 Å². The lowest BCUT2D eigenvalue weighted by Crippen LogP contribution is -2.28. The standard InChI is InChI=1S/C45H48P2/c1-29-17-30(2)22-38(21-29)46(39-23-31(3)18-32(4)24-39)37(9)42-14-12-15-43(42)44-13-10-11-16-45(44)47(40-25-33(5)19-34(6)26-40)41-27-35(7)20-36(8)28-41/h10-28,37,42H,1-9H3. The molecule has 0 heterocycles. The molecule has 0 saturated heterocycles. The Labute approximate surface area is 286 Å². The second-order valence-corrected chi connectivity index (χ2v) is 18.7. The number of allylic oxidation sites excluding steroid dienone is 4. The van der Waals surface area contributed by atoms with E-state index in [0.717, 1.165) is 0 Å². The van der Waals surface area contributed by atoms with Gasteiger partial charge >= 0.3 is 0 Å². The summed E-state index contributed by atoms with van der Waals surface area (Å²) in [5, 5.41) is 7.27. The molecule has 0 radical (unpaired) electrons. The number of aryl methyl sites for hydroxylation is 8. The molecular weight excluding hydrogens is 602 g/mol. The van der Waals surface area contributed by atoms with Gasteiger partial charge in [-0.15, -0.1) is 0 Å². The van der Waals surface area contributed by atoms with Crippen LogP contribution in [0.25, 0.3) is 5.57 Å². The number of hydrogen-bond acceptors (Lipinski definition) is 0. The highest BCUT2D eigenvalue weighted by Gasteiger charge is 2.33. The zero-order chi connectivity index (χ0) is 33.4. The van der Waals surface area contributed by atoms with Crippen LogP contribution in [0, 0.1) is 61.3 Å². The summed E-state index contributed by atoms with van der Waals surface area (Å²) in [5.41, 5.74) is 14.0. The molecule has 0 amide bonds. The van der Waals surface area contributed by atoms with Crippen molar-refractivity contribution >= 4 is 47.9 Å². The SMILES string of the molecule is Cc1cc(C)cc(P(c2cc(C)cc(C)c2)c2ccccc2C2=CC=CC2C(C)P(c2cc(C)cc(C)c2)c2cc(C)cc(C)c2)c1. The van der Waals surface area contributed by atoms with E-state index in [1.54, 1.807) is 0 Å². The van der Waals surface area contributed by atoms with Crippen LogP contribution < -0.4 is 26.5 Å². The molecule has 0 bridgehead atoms. The molecule has 238 valence electrons. The molecule has 2 atom stereocenters. The van der Waals surface area contributed by atoms with Gasteiger partial charge in [0, 0.05) is 5.92 Å². The summed E-state index contributed by atoms with van der Waals surface area (Å²) in [6, 6.07) is 38.0. The summed E-state index contributed by atoms with van der Waals surface area (Å²) < 4.78 is 0. The van der Waals surface area contributed by atoms with E-state index in [1.807, 2.05) is 0 Å². The maximum Gasteiger partial charge on any atom is 0.00982 e. The van der Waals surface area contributed by atoms with Crippen LogP contribution in [0.4, 0.5) is 0 Å². The predicted molar refractivity (Wildman–Crippen MR) is 212 cm³/mol. The van der Waals surface area contributed by atoms with Crippen molar-refractivity contribution in [1.82, 2.24) is 0 Å². The topological polar surface area (TPSA) is 0 Å². The molecule has 1 aliphatic carbocycles. The van der Waals surface area contributed by atoms with E-state index in [1.165, 1.54) is 82.2 Å². The molecule has 0 N–H and O–H groups in total. The van der Waals surface area contributed by atoms with Crippen LogP contribution in [0.2, 0.25) is 0 Å². The van der Waals surface area contributed by atoms with Gasteiger partial charge in [0.15, 0.2) is 0 Å². The first-order valence-electron chi connectivity index (χ1n) is 16.9. The first kappa shape index (κ1) is 33.3. The van der Waals surface area contributed by atoms with E-state index in [-0.39, 0.29) is 0 Å². The fourth-order valence-corrected chi connectivity index (χ4v) is 13.7. The molecule has 0 spiro atoms. The highest BCUT2D eigenvalue weighted by Crippen LogP contribution is 2.49. The second kappa shape index (κ2) is 13.9. The number of rotatable bonds is 8. The highest BCUT2D eigenvalue weighted by atomic mass is 31.1. The van der Waals surface area contributed by atoms with Gasteiger partial charge in [0.05, 0.1) is 0 Å². The smallest absolute Gasteiger partial charge is 0.00982 e. The fourth-order valence-electron chi connectivity index (χ4n) is 7.64. The van der Waals surface area contributed by atoms with Crippen molar-refractivity contribution < 1.29 is 0 Å². The number of benzene rings is 5. The molecular formula is C45H48P2. The number of hydrogen-bond donors (Lipinski definition) is 0. The normalized spacial score (nSPS) is 15.0. The summed E-state index contributed by atoms with van der Waals surface area (Å²) in [5.74, 6) is 0.319. The molecule has 5 aromatic carbocycles. The molecule has 0 aromatic heterocycles. The van der Waals surface area contributed by atoms with Gasteiger partial charge in [0.25, 0.3) is 0 Å². The van der Waals surface area contributed by atoms with Crippen LogP contribution in [-0.4, -0.2) is 5.66 Å². The summed E-state index contributed by atoms with van der Waals surface area (Å²) in [6.07, 6.45) is 7.21. The lowest BCUT2D eigenvalue weighted by molar-refractivity contribution is 0.817. The van der Waals surface area contributed by atoms with Crippen molar-refractivity contribution in [2.24, 2.45) is 5.92 Å². The lowest BCUT2D eigenvalue weighted by atomic mass is 9.93. The Balaban J connectivity index is 1.50. The summed E-state index contributed by atoms with van der Waals surface area (Å²) in [6.45, 7) is 20.4. The average molecular weight is 651 g/mol. The summed E-state index contributed by atoms with van der Waals surface area (Å²) in [4.78, 5) is 0. The molecule has 2 heteroatoms. The van der Waals surface area contributed by atoms with Crippen molar-refractivity contribution in [3.63, 3.8) is 0 Å². The van der Waals surface area contributed by atoms with Gasteiger partial charge in [-0.25, -0.2) is 0 Å². The van der Waals surface area contributed by atoms with Gasteiger partial charge in [-0.2, -0.15) is 0 Å². The van der Waals surface area contributed by atoms with Crippen LogP contribution in [0.5, 0.6) is 0 Å². The largest absolute Gasteiger partial charge is 0.0763 e. The van der Waals surface area contributed by atoms with Crippen LogP contribution in [0.3, 0.4) is 0 Å². The molecule has 0 nitrogen and oxygen atoms in total. The minimum absolute atomic E-state index is 0.319. The van der Waals surface area contributed by atoms with Gasteiger partial charge in [-0.3, -0.25) is 0 Å². The van der Waals surface area contributed by atoms with Crippen molar-refractivity contribution in [1.29, 1.82) is 0 Å². The average Bonchev–Trinajstić information content (AvgIpc) is 3.46. The molecule has 5 aromatic rings. The van der Waals surface area contributed by atoms with Crippen molar-refractivity contribution in [2.75, 3.05) is 0 Å². The van der Waals surface area contributed by atoms with E-state index >= 15 is 0 Å². The van der Waals surface area contributed by atoms with Crippen molar-refractivity contribution in [2.45, 2.75) is 68.0 Å². The van der Waals surface area contributed by atoms with E-state index in [2.05, 4.69) is 178 Å². The Morgan fingerprint density at radius 2 is 0.872 bits per heavy atom. The molecule has 6 rings (SSSR count). The summed E-state index contributed by atoms with van der Waals surface area (Å²) in [7, 11) is -1.39. The third-order valence-corrected chi connectivity index (χ3v) is 14.4. The minimum Gasteiger partial charge on any atom is -0.0763 e. The van der Waals surface area contributed by atoms with Crippen LogP contribution in [0.15, 0.2) is 115 Å². The Kier molecular flexibility index (Phi) is 9.85. The molecule has 0 fully saturated rings. The first-order valence-corrected chi connectivity index (χ1v) is 19.6. The zero-order valence-electron chi connectivity index (χ0n) is 29.5. The lowest BCUT2D eigenvalue weighted by Gasteiger charge is -2.33. The monoisotopic (exact) mass is 650 g/mol.